The molecule has 0 unspecified atom stereocenters. The van der Waals surface area contributed by atoms with Crippen LogP contribution in [-0.2, 0) is 0 Å². The van der Waals surface area contributed by atoms with Crippen LogP contribution in [0.4, 0.5) is 11.4 Å². The maximum Gasteiger partial charge on any atom is 0.143 e. The number of phenolic OH excluding ortho intramolecular Hbond substituents is 1. The molecule has 0 saturated heterocycles. The van der Waals surface area contributed by atoms with E-state index < -0.39 is 0 Å². The van der Waals surface area contributed by atoms with Crippen LogP contribution in [0.3, 0.4) is 0 Å². The van der Waals surface area contributed by atoms with Gasteiger partial charge in [-0.1, -0.05) is 29.8 Å². The fourth-order valence-corrected chi connectivity index (χ4v) is 1.35. The first-order valence-electron chi connectivity index (χ1n) is 4.71. The van der Waals surface area contributed by atoms with Gasteiger partial charge in [0, 0.05) is 5.02 Å². The van der Waals surface area contributed by atoms with Gasteiger partial charge < -0.3 is 5.11 Å². The molecule has 2 aromatic rings. The molecular weight excluding hydrogens is 224 g/mol. The Balaban J connectivity index is 2.27. The number of nitrogens with zero attached hydrogens (tertiary/aromatic N) is 2. The molecule has 0 aliphatic carbocycles. The number of halogens is 1. The average Bonchev–Trinajstić information content (AvgIpc) is 2.32. The molecule has 0 aliphatic heterocycles. The van der Waals surface area contributed by atoms with E-state index in [0.717, 1.165) is 5.69 Å². The molecule has 0 bridgehead atoms. The van der Waals surface area contributed by atoms with Crippen LogP contribution >= 0.6 is 11.6 Å². The lowest BCUT2D eigenvalue weighted by atomic mass is 10.3. The molecule has 2 rings (SSSR count). The summed E-state index contributed by atoms with van der Waals surface area (Å²) in [6.45, 7) is 0. The number of phenols is 1. The van der Waals surface area contributed by atoms with Crippen LogP contribution in [0.1, 0.15) is 0 Å². The first-order chi connectivity index (χ1) is 7.75. The van der Waals surface area contributed by atoms with E-state index >= 15 is 0 Å². The number of aromatic hydroxyl groups is 1. The molecule has 3 nitrogen and oxygen atoms in total. The van der Waals surface area contributed by atoms with Crippen molar-refractivity contribution in [3.05, 3.63) is 53.6 Å². The van der Waals surface area contributed by atoms with Gasteiger partial charge in [0.25, 0.3) is 0 Å². The highest BCUT2D eigenvalue weighted by Crippen LogP contribution is 2.30. The summed E-state index contributed by atoms with van der Waals surface area (Å²) in [5, 5.41) is 17.9. The predicted octanol–water partition coefficient (Wildman–Crippen LogP) is 4.46. The first kappa shape index (κ1) is 10.6. The Labute approximate surface area is 98.0 Å². The topological polar surface area (TPSA) is 45.0 Å². The molecule has 4 heteroatoms. The van der Waals surface area contributed by atoms with Gasteiger partial charge in [-0.15, -0.1) is 5.11 Å². The monoisotopic (exact) mass is 232 g/mol. The second-order valence-electron chi connectivity index (χ2n) is 3.17. The minimum Gasteiger partial charge on any atom is -0.506 e. The summed E-state index contributed by atoms with van der Waals surface area (Å²) < 4.78 is 0. The zero-order valence-electron chi connectivity index (χ0n) is 8.34. The summed E-state index contributed by atoms with van der Waals surface area (Å²) in [5.41, 5.74) is 1.08. The van der Waals surface area contributed by atoms with E-state index in [4.69, 9.17) is 11.6 Å². The van der Waals surface area contributed by atoms with E-state index in [1.54, 1.807) is 12.1 Å². The largest absolute Gasteiger partial charge is 0.506 e. The zero-order chi connectivity index (χ0) is 11.4. The van der Waals surface area contributed by atoms with Crippen molar-refractivity contribution in [3.63, 3.8) is 0 Å². The third kappa shape index (κ3) is 2.58. The van der Waals surface area contributed by atoms with Crippen LogP contribution in [0.15, 0.2) is 58.8 Å². The molecule has 2 aromatic carbocycles. The van der Waals surface area contributed by atoms with Crippen molar-refractivity contribution in [2.75, 3.05) is 0 Å². The van der Waals surface area contributed by atoms with Gasteiger partial charge >= 0.3 is 0 Å². The van der Waals surface area contributed by atoms with E-state index in [1.165, 1.54) is 6.07 Å². The minimum atomic E-state index is 0.0593. The molecule has 1 N–H and O–H groups in total. The summed E-state index contributed by atoms with van der Waals surface area (Å²) >= 11 is 5.79. The van der Waals surface area contributed by atoms with Gasteiger partial charge in [-0.3, -0.25) is 0 Å². The van der Waals surface area contributed by atoms with Gasteiger partial charge in [0.15, 0.2) is 0 Å². The van der Waals surface area contributed by atoms with Crippen molar-refractivity contribution in [1.82, 2.24) is 0 Å². The van der Waals surface area contributed by atoms with Crippen molar-refractivity contribution >= 4 is 23.0 Å². The first-order valence-corrected chi connectivity index (χ1v) is 5.09. The molecular formula is C12H9ClN2O. The third-order valence-electron chi connectivity index (χ3n) is 1.97. The maximum absolute atomic E-state index is 9.50. The highest BCUT2D eigenvalue weighted by molar-refractivity contribution is 6.30. The quantitative estimate of drug-likeness (QED) is 0.764. The summed E-state index contributed by atoms with van der Waals surface area (Å²) in [6, 6.07) is 13.9. The van der Waals surface area contributed by atoms with Crippen LogP contribution in [-0.4, -0.2) is 5.11 Å². The smallest absolute Gasteiger partial charge is 0.143 e. The summed E-state index contributed by atoms with van der Waals surface area (Å²) in [6.07, 6.45) is 0. The van der Waals surface area contributed by atoms with E-state index in [9.17, 15) is 5.11 Å². The Hall–Kier alpha value is -1.87. The molecule has 0 amide bonds. The Morgan fingerprint density at radius 3 is 2.44 bits per heavy atom. The Bertz CT molecular complexity index is 512. The minimum absolute atomic E-state index is 0.0593. The summed E-state index contributed by atoms with van der Waals surface area (Å²) in [4.78, 5) is 0. The number of benzene rings is 2. The number of hydrogen-bond donors (Lipinski definition) is 1. The van der Waals surface area contributed by atoms with E-state index in [-0.39, 0.29) is 5.75 Å². The van der Waals surface area contributed by atoms with Crippen molar-refractivity contribution in [1.29, 1.82) is 0 Å². The molecule has 0 saturated carbocycles. The number of azo groups is 1. The average molecular weight is 233 g/mol. The van der Waals surface area contributed by atoms with Crippen LogP contribution in [0, 0.1) is 0 Å². The van der Waals surface area contributed by atoms with Gasteiger partial charge in [-0.25, -0.2) is 0 Å². The van der Waals surface area contributed by atoms with Crippen molar-refractivity contribution in [3.8, 4) is 5.75 Å². The van der Waals surface area contributed by atoms with Crippen LogP contribution in [0.5, 0.6) is 5.75 Å². The van der Waals surface area contributed by atoms with Crippen LogP contribution < -0.4 is 0 Å². The predicted molar refractivity (Wildman–Crippen MR) is 63.7 cm³/mol. The van der Waals surface area contributed by atoms with E-state index in [0.29, 0.717) is 10.7 Å². The highest BCUT2D eigenvalue weighted by Gasteiger charge is 1.99. The van der Waals surface area contributed by atoms with Gasteiger partial charge in [-0.05, 0) is 30.3 Å². The van der Waals surface area contributed by atoms with Gasteiger partial charge in [0.05, 0.1) is 5.69 Å². The third-order valence-corrected chi connectivity index (χ3v) is 2.20. The fraction of sp³-hybridized carbons (Fsp3) is 0. The molecule has 0 heterocycles. The Morgan fingerprint density at radius 2 is 1.69 bits per heavy atom. The maximum atomic E-state index is 9.50. The normalized spacial score (nSPS) is 10.8. The van der Waals surface area contributed by atoms with Gasteiger partial charge in [0.1, 0.15) is 11.4 Å². The van der Waals surface area contributed by atoms with Crippen LogP contribution in [0.25, 0.3) is 0 Å². The lowest BCUT2D eigenvalue weighted by molar-refractivity contribution is 0.476. The number of rotatable bonds is 2. The van der Waals surface area contributed by atoms with Crippen molar-refractivity contribution in [2.24, 2.45) is 10.2 Å². The fourth-order valence-electron chi connectivity index (χ4n) is 1.18. The van der Waals surface area contributed by atoms with Gasteiger partial charge in [-0.2, -0.15) is 5.11 Å². The lowest BCUT2D eigenvalue weighted by Crippen LogP contribution is -1.68. The molecule has 0 aliphatic rings. The van der Waals surface area contributed by atoms with Crippen molar-refractivity contribution in [2.45, 2.75) is 0 Å². The second-order valence-corrected chi connectivity index (χ2v) is 3.61. The molecule has 0 atom stereocenters. The molecule has 16 heavy (non-hydrogen) atoms. The molecule has 0 radical (unpaired) electrons. The standard InChI is InChI=1S/C12H9ClN2O/c13-9-6-7-12(16)11(8-9)15-14-10-4-2-1-3-5-10/h1-8,16H. The molecule has 80 valence electrons. The van der Waals surface area contributed by atoms with Crippen molar-refractivity contribution < 1.29 is 5.11 Å². The highest BCUT2D eigenvalue weighted by atomic mass is 35.5. The molecule has 0 spiro atoms. The van der Waals surface area contributed by atoms with Gasteiger partial charge in [0.2, 0.25) is 0 Å². The summed E-state index contributed by atoms with van der Waals surface area (Å²) in [5.74, 6) is 0.0593. The SMILES string of the molecule is Oc1ccc(Cl)cc1N=Nc1ccccc1. The Morgan fingerprint density at radius 1 is 0.938 bits per heavy atom. The Kier molecular flexibility index (Phi) is 3.17. The molecule has 0 aromatic heterocycles. The van der Waals surface area contributed by atoms with Crippen LogP contribution in [0.2, 0.25) is 5.02 Å². The lowest BCUT2D eigenvalue weighted by Gasteiger charge is -1.97. The number of hydrogen-bond acceptors (Lipinski definition) is 3. The summed E-state index contributed by atoms with van der Waals surface area (Å²) in [7, 11) is 0. The second kappa shape index (κ2) is 4.77. The van der Waals surface area contributed by atoms with E-state index in [2.05, 4.69) is 10.2 Å². The molecule has 0 fully saturated rings. The van der Waals surface area contributed by atoms with E-state index in [1.807, 2.05) is 30.3 Å². The zero-order valence-corrected chi connectivity index (χ0v) is 9.09.